The van der Waals surface area contributed by atoms with Crippen molar-refractivity contribution in [1.82, 2.24) is 10.3 Å². The number of nitriles is 1. The van der Waals surface area contributed by atoms with E-state index in [0.717, 1.165) is 5.56 Å². The summed E-state index contributed by atoms with van der Waals surface area (Å²) in [5, 5.41) is 12.3. The number of aromatic nitrogens is 1. The van der Waals surface area contributed by atoms with Crippen LogP contribution in [0.4, 0.5) is 14.7 Å². The standard InChI is InChI=1S/C22H20F2N4O4/c23-22(24)31-16-5-3-14(4-6-16)13-26-19(29)15-7-9-28(10-8-15)21-17(12-25)27-20(32-21)18-2-1-11-30-18/h1-6,11,15,22H,7-10,13H2,(H,26,29). The van der Waals surface area contributed by atoms with Crippen molar-refractivity contribution in [2.24, 2.45) is 5.92 Å². The molecule has 8 nitrogen and oxygen atoms in total. The summed E-state index contributed by atoms with van der Waals surface area (Å²) < 4.78 is 39.8. The van der Waals surface area contributed by atoms with Crippen LogP contribution >= 0.6 is 0 Å². The van der Waals surface area contributed by atoms with E-state index in [1.54, 1.807) is 24.3 Å². The number of benzene rings is 1. The Bertz CT molecular complexity index is 1080. The molecule has 1 amide bonds. The van der Waals surface area contributed by atoms with Crippen LogP contribution in [0.15, 0.2) is 51.5 Å². The SMILES string of the molecule is N#Cc1nc(-c2ccco2)oc1N1CCC(C(=O)NCc2ccc(OC(F)F)cc2)CC1. The average Bonchev–Trinajstić information content (AvgIpc) is 3.48. The van der Waals surface area contributed by atoms with Gasteiger partial charge < -0.3 is 23.8 Å². The number of alkyl halides is 2. The first-order valence-corrected chi connectivity index (χ1v) is 10.0. The maximum absolute atomic E-state index is 12.6. The van der Waals surface area contributed by atoms with Crippen LogP contribution in [0.2, 0.25) is 0 Å². The first-order chi connectivity index (χ1) is 15.5. The number of anilines is 1. The molecule has 2 aromatic heterocycles. The summed E-state index contributed by atoms with van der Waals surface area (Å²) in [6.45, 7) is -1.50. The number of piperidine rings is 1. The molecule has 1 saturated heterocycles. The van der Waals surface area contributed by atoms with Gasteiger partial charge in [0.2, 0.25) is 17.5 Å². The van der Waals surface area contributed by atoms with E-state index in [1.165, 1.54) is 18.4 Å². The number of carbonyl (C=O) groups is 1. The van der Waals surface area contributed by atoms with Gasteiger partial charge in [-0.1, -0.05) is 12.1 Å². The van der Waals surface area contributed by atoms with Crippen LogP contribution in [0.3, 0.4) is 0 Å². The third kappa shape index (κ3) is 4.88. The molecular weight excluding hydrogens is 422 g/mol. The van der Waals surface area contributed by atoms with Crippen molar-refractivity contribution in [3.8, 4) is 23.5 Å². The summed E-state index contributed by atoms with van der Waals surface area (Å²) in [6.07, 6.45) is 2.68. The number of nitrogens with one attached hydrogen (secondary N) is 1. The molecule has 4 rings (SSSR count). The van der Waals surface area contributed by atoms with Gasteiger partial charge in [0.05, 0.1) is 6.26 Å². The maximum atomic E-state index is 12.6. The Morgan fingerprint density at radius 1 is 1.28 bits per heavy atom. The molecule has 0 unspecified atom stereocenters. The predicted octanol–water partition coefficient (Wildman–Crippen LogP) is 3.94. The number of furan rings is 1. The van der Waals surface area contributed by atoms with Gasteiger partial charge in [-0.3, -0.25) is 4.79 Å². The van der Waals surface area contributed by atoms with Gasteiger partial charge in [0, 0.05) is 25.6 Å². The molecule has 0 radical (unpaired) electrons. The highest BCUT2D eigenvalue weighted by Crippen LogP contribution is 2.31. The summed E-state index contributed by atoms with van der Waals surface area (Å²) in [4.78, 5) is 18.7. The fourth-order valence-electron chi connectivity index (χ4n) is 3.57. The second kappa shape index (κ2) is 9.51. The monoisotopic (exact) mass is 442 g/mol. The third-order valence-corrected chi connectivity index (χ3v) is 5.22. The normalized spacial score (nSPS) is 14.4. The van der Waals surface area contributed by atoms with Gasteiger partial charge in [0.1, 0.15) is 11.8 Å². The van der Waals surface area contributed by atoms with E-state index in [0.29, 0.717) is 44.1 Å². The zero-order valence-electron chi connectivity index (χ0n) is 17.0. The zero-order chi connectivity index (χ0) is 22.5. The first-order valence-electron chi connectivity index (χ1n) is 10.0. The van der Waals surface area contributed by atoms with Gasteiger partial charge in [-0.15, -0.1) is 0 Å². The average molecular weight is 442 g/mol. The minimum atomic E-state index is -2.87. The van der Waals surface area contributed by atoms with Crippen LogP contribution in [0.5, 0.6) is 5.75 Å². The summed E-state index contributed by atoms with van der Waals surface area (Å²) >= 11 is 0. The lowest BCUT2D eigenvalue weighted by Gasteiger charge is -2.31. The van der Waals surface area contributed by atoms with E-state index in [2.05, 4.69) is 15.0 Å². The highest BCUT2D eigenvalue weighted by molar-refractivity contribution is 5.79. The Kier molecular flexibility index (Phi) is 6.35. The molecule has 0 bridgehead atoms. The number of nitrogens with zero attached hydrogens (tertiary/aromatic N) is 3. The lowest BCUT2D eigenvalue weighted by molar-refractivity contribution is -0.125. The van der Waals surface area contributed by atoms with E-state index in [-0.39, 0.29) is 29.2 Å². The van der Waals surface area contributed by atoms with Gasteiger partial charge >= 0.3 is 6.61 Å². The molecular formula is C22H20F2N4O4. The maximum Gasteiger partial charge on any atom is 0.387 e. The molecule has 166 valence electrons. The number of carbonyl (C=O) groups excluding carboxylic acids is 1. The van der Waals surface area contributed by atoms with Crippen molar-refractivity contribution in [3.63, 3.8) is 0 Å². The molecule has 1 fully saturated rings. The van der Waals surface area contributed by atoms with E-state index in [1.807, 2.05) is 11.0 Å². The van der Waals surface area contributed by atoms with Gasteiger partial charge in [-0.05, 0) is 42.7 Å². The molecule has 1 N–H and O–H groups in total. The molecule has 1 aliphatic heterocycles. The number of rotatable bonds is 7. The molecule has 0 spiro atoms. The van der Waals surface area contributed by atoms with Crippen molar-refractivity contribution in [2.75, 3.05) is 18.0 Å². The van der Waals surface area contributed by atoms with Crippen LogP contribution in [-0.4, -0.2) is 30.6 Å². The fourth-order valence-corrected chi connectivity index (χ4v) is 3.57. The van der Waals surface area contributed by atoms with Crippen molar-refractivity contribution in [2.45, 2.75) is 26.0 Å². The second-order valence-electron chi connectivity index (χ2n) is 7.26. The van der Waals surface area contributed by atoms with Crippen LogP contribution < -0.4 is 15.0 Å². The number of hydrogen-bond donors (Lipinski definition) is 1. The first kappa shape index (κ1) is 21.4. The lowest BCUT2D eigenvalue weighted by atomic mass is 9.96. The molecule has 3 aromatic rings. The van der Waals surface area contributed by atoms with Gasteiger partial charge in [0.15, 0.2) is 5.76 Å². The smallest absolute Gasteiger partial charge is 0.387 e. The Hall–Kier alpha value is -3.87. The Morgan fingerprint density at radius 2 is 2.03 bits per heavy atom. The molecule has 0 aliphatic carbocycles. The molecule has 32 heavy (non-hydrogen) atoms. The quantitative estimate of drug-likeness (QED) is 0.591. The third-order valence-electron chi connectivity index (χ3n) is 5.22. The summed E-state index contributed by atoms with van der Waals surface area (Å²) in [5.41, 5.74) is 0.960. The van der Waals surface area contributed by atoms with Crippen LogP contribution in [0.1, 0.15) is 24.1 Å². The van der Waals surface area contributed by atoms with Gasteiger partial charge in [-0.25, -0.2) is 0 Å². The minimum absolute atomic E-state index is 0.0711. The Morgan fingerprint density at radius 3 is 2.66 bits per heavy atom. The van der Waals surface area contributed by atoms with Crippen molar-refractivity contribution >= 4 is 11.8 Å². The number of amides is 1. The van der Waals surface area contributed by atoms with Crippen LogP contribution in [0.25, 0.3) is 11.7 Å². The van der Waals surface area contributed by atoms with Crippen molar-refractivity contribution in [1.29, 1.82) is 5.26 Å². The number of hydrogen-bond acceptors (Lipinski definition) is 7. The molecule has 1 aliphatic rings. The fraction of sp³-hybridized carbons (Fsp3) is 0.318. The molecule has 0 atom stereocenters. The Labute approximate surface area is 182 Å². The van der Waals surface area contributed by atoms with Crippen LogP contribution in [-0.2, 0) is 11.3 Å². The second-order valence-corrected chi connectivity index (χ2v) is 7.26. The molecule has 1 aromatic carbocycles. The highest BCUT2D eigenvalue weighted by atomic mass is 19.3. The molecule has 3 heterocycles. The molecule has 0 saturated carbocycles. The summed E-state index contributed by atoms with van der Waals surface area (Å²) in [6, 6.07) is 11.6. The summed E-state index contributed by atoms with van der Waals surface area (Å²) in [7, 11) is 0. The number of halogens is 2. The lowest BCUT2D eigenvalue weighted by Crippen LogP contribution is -2.40. The predicted molar refractivity (Wildman–Crippen MR) is 109 cm³/mol. The van der Waals surface area contributed by atoms with E-state index in [4.69, 9.17) is 8.83 Å². The van der Waals surface area contributed by atoms with E-state index >= 15 is 0 Å². The molecule has 10 heteroatoms. The minimum Gasteiger partial charge on any atom is -0.459 e. The Balaban J connectivity index is 1.30. The van der Waals surface area contributed by atoms with Crippen molar-refractivity contribution < 1.29 is 27.1 Å². The number of oxazole rings is 1. The highest BCUT2D eigenvalue weighted by Gasteiger charge is 2.29. The van der Waals surface area contributed by atoms with E-state index in [9.17, 15) is 18.8 Å². The van der Waals surface area contributed by atoms with E-state index < -0.39 is 6.61 Å². The zero-order valence-corrected chi connectivity index (χ0v) is 17.0. The summed E-state index contributed by atoms with van der Waals surface area (Å²) in [5.74, 6) is 0.880. The van der Waals surface area contributed by atoms with Crippen LogP contribution in [0, 0.1) is 17.2 Å². The largest absolute Gasteiger partial charge is 0.459 e. The van der Waals surface area contributed by atoms with Gasteiger partial charge in [-0.2, -0.15) is 19.0 Å². The van der Waals surface area contributed by atoms with Gasteiger partial charge in [0.25, 0.3) is 5.89 Å². The number of ether oxygens (including phenoxy) is 1. The van der Waals surface area contributed by atoms with Crippen molar-refractivity contribution in [3.05, 3.63) is 53.9 Å². The topological polar surface area (TPSA) is 105 Å².